The zero-order valence-electron chi connectivity index (χ0n) is 18.7. The largest absolute Gasteiger partial charge is 0.357 e. The highest BCUT2D eigenvalue weighted by Gasteiger charge is 2.25. The SMILES string of the molecule is CCNC(=NCc1ccc(Cn2ccccc2=O)cc1)NC1CCN(c2ncccc2F)C1. The number of aromatic nitrogens is 2. The Morgan fingerprint density at radius 3 is 2.73 bits per heavy atom. The van der Waals surface area contributed by atoms with Gasteiger partial charge in [0.2, 0.25) is 0 Å². The molecule has 0 radical (unpaired) electrons. The molecule has 1 aromatic carbocycles. The van der Waals surface area contributed by atoms with Crippen molar-refractivity contribution in [2.45, 2.75) is 32.5 Å². The molecule has 0 bridgehead atoms. The summed E-state index contributed by atoms with van der Waals surface area (Å²) in [6.45, 7) is 5.28. The summed E-state index contributed by atoms with van der Waals surface area (Å²) < 4.78 is 15.7. The molecule has 3 aromatic rings. The Hall–Kier alpha value is -3.68. The van der Waals surface area contributed by atoms with E-state index in [4.69, 9.17) is 4.99 Å². The van der Waals surface area contributed by atoms with Gasteiger partial charge in [-0.2, -0.15) is 0 Å². The van der Waals surface area contributed by atoms with E-state index >= 15 is 0 Å². The first-order valence-corrected chi connectivity index (χ1v) is 11.3. The predicted molar refractivity (Wildman–Crippen MR) is 129 cm³/mol. The second-order valence-electron chi connectivity index (χ2n) is 8.06. The van der Waals surface area contributed by atoms with Gasteiger partial charge < -0.3 is 20.1 Å². The van der Waals surface area contributed by atoms with E-state index in [-0.39, 0.29) is 17.4 Å². The first-order valence-electron chi connectivity index (χ1n) is 11.3. The average molecular weight is 449 g/mol. The second kappa shape index (κ2) is 10.8. The maximum Gasteiger partial charge on any atom is 0.250 e. The van der Waals surface area contributed by atoms with Crippen LogP contribution in [0.2, 0.25) is 0 Å². The lowest BCUT2D eigenvalue weighted by Crippen LogP contribution is -2.44. The van der Waals surface area contributed by atoms with Gasteiger partial charge in [-0.15, -0.1) is 0 Å². The fourth-order valence-electron chi connectivity index (χ4n) is 3.90. The highest BCUT2D eigenvalue weighted by atomic mass is 19.1. The summed E-state index contributed by atoms with van der Waals surface area (Å²) in [4.78, 5) is 22.8. The molecule has 3 heterocycles. The molecule has 2 N–H and O–H groups in total. The summed E-state index contributed by atoms with van der Waals surface area (Å²) in [5, 5.41) is 6.75. The molecule has 0 saturated carbocycles. The van der Waals surface area contributed by atoms with Gasteiger partial charge in [-0.25, -0.2) is 14.4 Å². The molecule has 1 unspecified atom stereocenters. The molecule has 33 heavy (non-hydrogen) atoms. The van der Waals surface area contributed by atoms with Crippen molar-refractivity contribution in [3.8, 4) is 0 Å². The van der Waals surface area contributed by atoms with Crippen molar-refractivity contribution < 1.29 is 4.39 Å². The number of guanidine groups is 1. The summed E-state index contributed by atoms with van der Waals surface area (Å²) in [6, 6.07) is 16.5. The van der Waals surface area contributed by atoms with Crippen molar-refractivity contribution in [1.82, 2.24) is 20.2 Å². The molecule has 0 spiro atoms. The van der Waals surface area contributed by atoms with Crippen LogP contribution in [0, 0.1) is 5.82 Å². The minimum absolute atomic E-state index is 0.0104. The van der Waals surface area contributed by atoms with Crippen molar-refractivity contribution in [3.05, 3.63) is 94.3 Å². The Labute approximate surface area is 193 Å². The first-order chi connectivity index (χ1) is 16.1. The first kappa shape index (κ1) is 22.5. The average Bonchev–Trinajstić information content (AvgIpc) is 3.28. The smallest absolute Gasteiger partial charge is 0.250 e. The van der Waals surface area contributed by atoms with Crippen molar-refractivity contribution in [3.63, 3.8) is 0 Å². The molecule has 8 heteroatoms. The molecule has 0 amide bonds. The number of benzene rings is 1. The van der Waals surface area contributed by atoms with Crippen molar-refractivity contribution in [2.75, 3.05) is 24.5 Å². The molecule has 4 rings (SSSR count). The third-order valence-electron chi connectivity index (χ3n) is 5.61. The molecule has 1 atom stereocenters. The predicted octanol–water partition coefficient (Wildman–Crippen LogP) is 2.76. The number of halogens is 1. The van der Waals surface area contributed by atoms with Crippen LogP contribution >= 0.6 is 0 Å². The highest BCUT2D eigenvalue weighted by Crippen LogP contribution is 2.20. The Morgan fingerprint density at radius 1 is 1.15 bits per heavy atom. The normalized spacial score (nSPS) is 16.1. The number of rotatable bonds is 7. The third-order valence-corrected chi connectivity index (χ3v) is 5.61. The Kier molecular flexibility index (Phi) is 7.34. The van der Waals surface area contributed by atoms with E-state index < -0.39 is 0 Å². The van der Waals surface area contributed by atoms with Crippen LogP contribution in [0.4, 0.5) is 10.2 Å². The van der Waals surface area contributed by atoms with Crippen LogP contribution < -0.4 is 21.1 Å². The number of anilines is 1. The maximum absolute atomic E-state index is 14.1. The van der Waals surface area contributed by atoms with Gasteiger partial charge in [0.25, 0.3) is 5.56 Å². The second-order valence-corrected chi connectivity index (χ2v) is 8.06. The minimum atomic E-state index is -0.292. The Balaban J connectivity index is 1.35. The molecule has 1 aliphatic heterocycles. The van der Waals surface area contributed by atoms with Gasteiger partial charge in [0.15, 0.2) is 17.6 Å². The van der Waals surface area contributed by atoms with Crippen LogP contribution in [-0.4, -0.2) is 41.2 Å². The molecule has 1 aliphatic rings. The molecule has 2 aromatic heterocycles. The van der Waals surface area contributed by atoms with Gasteiger partial charge in [-0.05, 0) is 42.7 Å². The number of aliphatic imine (C=N–C) groups is 1. The topological polar surface area (TPSA) is 74.6 Å². The standard InChI is InChI=1S/C25H29FN6O/c1-2-27-25(30-21-12-15-32(18-21)24-22(26)6-5-13-28-24)29-16-19-8-10-20(11-9-19)17-31-14-4-3-7-23(31)33/h3-11,13-14,21H,2,12,15-18H2,1H3,(H2,27,29,30). The van der Waals surface area contributed by atoms with Crippen molar-refractivity contribution >= 4 is 11.8 Å². The van der Waals surface area contributed by atoms with Gasteiger partial charge in [0, 0.05) is 44.1 Å². The Morgan fingerprint density at radius 2 is 1.97 bits per heavy atom. The van der Waals surface area contributed by atoms with E-state index in [2.05, 4.69) is 15.6 Å². The van der Waals surface area contributed by atoms with E-state index in [9.17, 15) is 9.18 Å². The fourth-order valence-corrected chi connectivity index (χ4v) is 3.90. The maximum atomic E-state index is 14.1. The molecule has 0 aliphatic carbocycles. The van der Waals surface area contributed by atoms with Gasteiger partial charge in [-0.3, -0.25) is 4.79 Å². The molecule has 172 valence electrons. The lowest BCUT2D eigenvalue weighted by atomic mass is 10.1. The van der Waals surface area contributed by atoms with Crippen molar-refractivity contribution in [2.24, 2.45) is 4.99 Å². The van der Waals surface area contributed by atoms with Gasteiger partial charge >= 0.3 is 0 Å². The number of hydrogen-bond acceptors (Lipinski definition) is 4. The lowest BCUT2D eigenvalue weighted by Gasteiger charge is -2.20. The van der Waals surface area contributed by atoms with Crippen molar-refractivity contribution in [1.29, 1.82) is 0 Å². The molecule has 7 nitrogen and oxygen atoms in total. The fraction of sp³-hybridized carbons (Fsp3) is 0.320. The van der Waals surface area contributed by atoms with Gasteiger partial charge in [0.1, 0.15) is 0 Å². The lowest BCUT2D eigenvalue weighted by molar-refractivity contribution is 0.612. The summed E-state index contributed by atoms with van der Waals surface area (Å²) in [6.07, 6.45) is 4.30. The molecule has 1 saturated heterocycles. The summed E-state index contributed by atoms with van der Waals surface area (Å²) in [5.41, 5.74) is 2.14. The zero-order chi connectivity index (χ0) is 23.0. The van der Waals surface area contributed by atoms with Crippen LogP contribution in [0.15, 0.2) is 76.8 Å². The van der Waals surface area contributed by atoms with E-state index in [1.165, 1.54) is 6.07 Å². The quantitative estimate of drug-likeness (QED) is 0.430. The van der Waals surface area contributed by atoms with Crippen LogP contribution in [0.25, 0.3) is 0 Å². The minimum Gasteiger partial charge on any atom is -0.357 e. The van der Waals surface area contributed by atoms with E-state index in [1.54, 1.807) is 35.2 Å². The monoisotopic (exact) mass is 448 g/mol. The van der Waals surface area contributed by atoms with Crippen LogP contribution in [0.5, 0.6) is 0 Å². The number of nitrogens with one attached hydrogen (secondary N) is 2. The summed E-state index contributed by atoms with van der Waals surface area (Å²) in [7, 11) is 0. The van der Waals surface area contributed by atoms with E-state index in [0.717, 1.165) is 36.6 Å². The zero-order valence-corrected chi connectivity index (χ0v) is 18.7. The van der Waals surface area contributed by atoms with Gasteiger partial charge in [-0.1, -0.05) is 30.3 Å². The number of hydrogen-bond donors (Lipinski definition) is 2. The van der Waals surface area contributed by atoms with E-state index in [0.29, 0.717) is 25.5 Å². The number of pyridine rings is 2. The molecule has 1 fully saturated rings. The Bertz CT molecular complexity index is 1140. The third kappa shape index (κ3) is 5.97. The van der Waals surface area contributed by atoms with Gasteiger partial charge in [0.05, 0.1) is 13.1 Å². The summed E-state index contributed by atoms with van der Waals surface area (Å²) >= 11 is 0. The molecular formula is C25H29FN6O. The van der Waals surface area contributed by atoms with E-state index in [1.807, 2.05) is 42.2 Å². The van der Waals surface area contributed by atoms with Crippen LogP contribution in [0.3, 0.4) is 0 Å². The highest BCUT2D eigenvalue weighted by molar-refractivity contribution is 5.80. The molecular weight excluding hydrogens is 419 g/mol. The van der Waals surface area contributed by atoms with Crippen LogP contribution in [0.1, 0.15) is 24.5 Å². The summed E-state index contributed by atoms with van der Waals surface area (Å²) in [5.74, 6) is 0.853. The number of nitrogens with zero attached hydrogens (tertiary/aromatic N) is 4. The van der Waals surface area contributed by atoms with Crippen LogP contribution in [-0.2, 0) is 13.1 Å².